The van der Waals surface area contributed by atoms with E-state index in [9.17, 15) is 0 Å². The van der Waals surface area contributed by atoms with E-state index in [2.05, 4.69) is 29.1 Å². The first kappa shape index (κ1) is 17.3. The van der Waals surface area contributed by atoms with Crippen LogP contribution in [0.1, 0.15) is 12.5 Å². The summed E-state index contributed by atoms with van der Waals surface area (Å²) in [6.07, 6.45) is 1.78. The van der Waals surface area contributed by atoms with Crippen molar-refractivity contribution in [2.75, 3.05) is 13.3 Å². The zero-order valence-corrected chi connectivity index (χ0v) is 15.8. The smallest absolute Gasteiger partial charge is 0.231 e. The normalized spacial score (nSPS) is 13.8. The Labute approximate surface area is 161 Å². The minimum absolute atomic E-state index is 0.261. The van der Waals surface area contributed by atoms with Crippen LogP contribution in [0.4, 0.5) is 0 Å². The van der Waals surface area contributed by atoms with Crippen molar-refractivity contribution in [2.45, 2.75) is 6.92 Å². The van der Waals surface area contributed by atoms with Crippen molar-refractivity contribution in [3.05, 3.63) is 76.9 Å². The third-order valence-electron chi connectivity index (χ3n) is 4.15. The molecule has 0 fully saturated rings. The van der Waals surface area contributed by atoms with E-state index in [0.717, 1.165) is 38.8 Å². The second-order valence-electron chi connectivity index (χ2n) is 5.96. The molecule has 136 valence electrons. The van der Waals surface area contributed by atoms with Crippen molar-refractivity contribution in [2.24, 2.45) is 10.1 Å². The van der Waals surface area contributed by atoms with E-state index in [0.29, 0.717) is 6.54 Å². The molecule has 5 nitrogen and oxygen atoms in total. The molecule has 2 aromatic carbocycles. The van der Waals surface area contributed by atoms with Gasteiger partial charge in [-0.2, -0.15) is 5.10 Å². The summed E-state index contributed by atoms with van der Waals surface area (Å²) < 4.78 is 12.8. The number of benzene rings is 2. The standard InChI is InChI=1S/C21H19N3O2S/c1-3-11-22-21-24(18(13-27-21)16-7-5-4-6-8-16)23-15(2)17-9-10-19-20(12-17)26-14-25-19/h3-10,12-13H,1,11,14H2,2H3. The predicted octanol–water partition coefficient (Wildman–Crippen LogP) is 4.30. The maximum absolute atomic E-state index is 5.48. The van der Waals surface area contributed by atoms with Gasteiger partial charge in [0.25, 0.3) is 0 Å². The number of thiazole rings is 1. The van der Waals surface area contributed by atoms with Gasteiger partial charge in [-0.1, -0.05) is 36.4 Å². The van der Waals surface area contributed by atoms with Gasteiger partial charge in [-0.25, -0.2) is 4.68 Å². The molecule has 0 atom stereocenters. The third kappa shape index (κ3) is 3.57. The van der Waals surface area contributed by atoms with Gasteiger partial charge in [0.05, 0.1) is 18.0 Å². The van der Waals surface area contributed by atoms with Gasteiger partial charge in [0.2, 0.25) is 11.6 Å². The molecule has 3 aromatic rings. The first-order valence-electron chi connectivity index (χ1n) is 8.59. The molecule has 0 unspecified atom stereocenters. The highest BCUT2D eigenvalue weighted by molar-refractivity contribution is 7.07. The van der Waals surface area contributed by atoms with Crippen LogP contribution < -0.4 is 14.3 Å². The van der Waals surface area contributed by atoms with Gasteiger partial charge in [0, 0.05) is 16.5 Å². The molecule has 0 bridgehead atoms. The number of hydrogen-bond donors (Lipinski definition) is 0. The Morgan fingerprint density at radius 1 is 1.19 bits per heavy atom. The Morgan fingerprint density at radius 2 is 2.00 bits per heavy atom. The zero-order valence-electron chi connectivity index (χ0n) is 15.0. The molecule has 0 saturated heterocycles. The van der Waals surface area contributed by atoms with Gasteiger partial charge in [-0.15, -0.1) is 17.9 Å². The fourth-order valence-corrected chi connectivity index (χ4v) is 3.62. The molecule has 1 aliphatic rings. The van der Waals surface area contributed by atoms with Gasteiger partial charge in [0.1, 0.15) is 0 Å². The number of ether oxygens (including phenoxy) is 2. The third-order valence-corrected chi connectivity index (χ3v) is 5.00. The molecule has 27 heavy (non-hydrogen) atoms. The maximum Gasteiger partial charge on any atom is 0.231 e. The lowest BCUT2D eigenvalue weighted by molar-refractivity contribution is 0.174. The van der Waals surface area contributed by atoms with Gasteiger partial charge in [0.15, 0.2) is 11.5 Å². The average molecular weight is 377 g/mol. The van der Waals surface area contributed by atoms with Crippen molar-refractivity contribution in [1.29, 1.82) is 0 Å². The Balaban J connectivity index is 1.80. The van der Waals surface area contributed by atoms with Gasteiger partial charge < -0.3 is 9.47 Å². The quantitative estimate of drug-likeness (QED) is 0.491. The first-order valence-corrected chi connectivity index (χ1v) is 9.47. The van der Waals surface area contributed by atoms with Crippen molar-refractivity contribution in [1.82, 2.24) is 4.68 Å². The molecule has 0 radical (unpaired) electrons. The molecular formula is C21H19N3O2S. The fraction of sp³-hybridized carbons (Fsp3) is 0.143. The monoisotopic (exact) mass is 377 g/mol. The molecule has 6 heteroatoms. The van der Waals surface area contributed by atoms with Crippen LogP contribution in [-0.4, -0.2) is 23.7 Å². The SMILES string of the molecule is C=CCN=c1scc(-c2ccccc2)n1N=C(C)c1ccc2c(c1)OCO2. The van der Waals surface area contributed by atoms with Crippen LogP contribution in [-0.2, 0) is 0 Å². The molecule has 0 aliphatic carbocycles. The summed E-state index contributed by atoms with van der Waals surface area (Å²) in [5, 5.41) is 6.94. The summed E-state index contributed by atoms with van der Waals surface area (Å²) in [6.45, 7) is 6.54. The van der Waals surface area contributed by atoms with E-state index in [1.807, 2.05) is 48.0 Å². The highest BCUT2D eigenvalue weighted by atomic mass is 32.1. The Hall–Kier alpha value is -3.12. The molecular weight excluding hydrogens is 358 g/mol. The van der Waals surface area contributed by atoms with E-state index >= 15 is 0 Å². The van der Waals surface area contributed by atoms with Crippen molar-refractivity contribution in [3.63, 3.8) is 0 Å². The molecule has 2 heterocycles. The summed E-state index contributed by atoms with van der Waals surface area (Å²) in [5.41, 5.74) is 3.94. The topological polar surface area (TPSA) is 48.1 Å². The molecule has 0 saturated carbocycles. The average Bonchev–Trinajstić information content (AvgIpc) is 3.33. The minimum Gasteiger partial charge on any atom is -0.454 e. The van der Waals surface area contributed by atoms with E-state index in [-0.39, 0.29) is 6.79 Å². The van der Waals surface area contributed by atoms with Crippen molar-refractivity contribution >= 4 is 17.0 Å². The van der Waals surface area contributed by atoms with E-state index in [1.54, 1.807) is 17.4 Å². The minimum atomic E-state index is 0.261. The summed E-state index contributed by atoms with van der Waals surface area (Å²) in [7, 11) is 0. The Bertz CT molecular complexity index is 1060. The molecule has 1 aromatic heterocycles. The number of hydrogen-bond acceptors (Lipinski definition) is 5. The van der Waals surface area contributed by atoms with Crippen LogP contribution in [0.3, 0.4) is 0 Å². The summed E-state index contributed by atoms with van der Waals surface area (Å²) in [4.78, 5) is 5.41. The van der Waals surface area contributed by atoms with Gasteiger partial charge in [-0.3, -0.25) is 4.99 Å². The van der Waals surface area contributed by atoms with Crippen LogP contribution in [0.2, 0.25) is 0 Å². The molecule has 0 N–H and O–H groups in total. The zero-order chi connectivity index (χ0) is 18.6. The molecule has 1 aliphatic heterocycles. The largest absolute Gasteiger partial charge is 0.454 e. The fourth-order valence-electron chi connectivity index (χ4n) is 2.78. The molecule has 0 amide bonds. The predicted molar refractivity (Wildman–Crippen MR) is 109 cm³/mol. The van der Waals surface area contributed by atoms with E-state index in [1.165, 1.54) is 0 Å². The highest BCUT2D eigenvalue weighted by Gasteiger charge is 2.15. The van der Waals surface area contributed by atoms with Crippen LogP contribution in [0, 0.1) is 0 Å². The molecule has 0 spiro atoms. The van der Waals surface area contributed by atoms with Crippen LogP contribution in [0.15, 0.2) is 76.7 Å². The van der Waals surface area contributed by atoms with E-state index < -0.39 is 0 Å². The number of nitrogens with zero attached hydrogens (tertiary/aromatic N) is 3. The lowest BCUT2D eigenvalue weighted by Crippen LogP contribution is -2.14. The maximum atomic E-state index is 5.48. The van der Waals surface area contributed by atoms with Gasteiger partial charge in [-0.05, 0) is 25.1 Å². The van der Waals surface area contributed by atoms with Crippen LogP contribution in [0.25, 0.3) is 11.3 Å². The molecule has 4 rings (SSSR count). The number of fused-ring (bicyclic) bond motifs is 1. The summed E-state index contributed by atoms with van der Waals surface area (Å²) >= 11 is 1.56. The first-order chi connectivity index (χ1) is 13.3. The lowest BCUT2D eigenvalue weighted by Gasteiger charge is -2.07. The highest BCUT2D eigenvalue weighted by Crippen LogP contribution is 2.32. The Kier molecular flexibility index (Phi) is 4.89. The lowest BCUT2D eigenvalue weighted by atomic mass is 10.1. The van der Waals surface area contributed by atoms with Crippen molar-refractivity contribution < 1.29 is 9.47 Å². The van der Waals surface area contributed by atoms with Crippen LogP contribution >= 0.6 is 11.3 Å². The summed E-state index contributed by atoms with van der Waals surface area (Å²) in [5.74, 6) is 1.51. The summed E-state index contributed by atoms with van der Waals surface area (Å²) in [6, 6.07) is 16.0. The number of aromatic nitrogens is 1. The second-order valence-corrected chi connectivity index (χ2v) is 6.80. The van der Waals surface area contributed by atoms with E-state index in [4.69, 9.17) is 14.6 Å². The van der Waals surface area contributed by atoms with Crippen molar-refractivity contribution in [3.8, 4) is 22.8 Å². The van der Waals surface area contributed by atoms with Crippen LogP contribution in [0.5, 0.6) is 11.5 Å². The number of rotatable bonds is 5. The van der Waals surface area contributed by atoms with Gasteiger partial charge >= 0.3 is 0 Å². The second kappa shape index (κ2) is 7.63. The Morgan fingerprint density at radius 3 is 2.81 bits per heavy atom.